The molecule has 1 saturated heterocycles. The topological polar surface area (TPSA) is 66.0 Å². The van der Waals surface area contributed by atoms with E-state index in [9.17, 15) is 0 Å². The van der Waals surface area contributed by atoms with Crippen LogP contribution in [0.2, 0.25) is 0 Å². The molecule has 4 rings (SSSR count). The van der Waals surface area contributed by atoms with Gasteiger partial charge in [0.2, 0.25) is 0 Å². The van der Waals surface area contributed by atoms with Crippen molar-refractivity contribution in [2.24, 2.45) is 0 Å². The molecule has 0 spiro atoms. The highest BCUT2D eigenvalue weighted by atomic mass is 79.9. The van der Waals surface area contributed by atoms with Gasteiger partial charge in [0.15, 0.2) is 0 Å². The fraction of sp³-hybridized carbons (Fsp3) is 0.381. The number of piperazine rings is 1. The monoisotopic (exact) mass is 442 g/mol. The number of rotatable bonds is 6. The van der Waals surface area contributed by atoms with E-state index in [1.807, 2.05) is 24.7 Å². The predicted octanol–water partition coefficient (Wildman–Crippen LogP) is 3.79. The molecule has 0 amide bonds. The normalized spacial score (nSPS) is 18.4. The highest BCUT2D eigenvalue weighted by molar-refractivity contribution is 8.93. The van der Waals surface area contributed by atoms with Crippen LogP contribution in [0.1, 0.15) is 31.6 Å². The molecule has 1 aliphatic heterocycles. The van der Waals surface area contributed by atoms with Gasteiger partial charge in [-0.15, -0.1) is 17.0 Å². The number of hydrogen-bond donors (Lipinski definition) is 2. The Labute approximate surface area is 176 Å². The summed E-state index contributed by atoms with van der Waals surface area (Å²) in [5, 5.41) is 9.57. The summed E-state index contributed by atoms with van der Waals surface area (Å²) < 4.78 is 0. The maximum Gasteiger partial charge on any atom is 0.146 e. The largest absolute Gasteiger partial charge is 0.354 e. The molecule has 2 atom stereocenters. The molecule has 3 aromatic rings. The predicted molar refractivity (Wildman–Crippen MR) is 119 cm³/mol. The number of nitrogens with one attached hydrogen (secondary N) is 2. The van der Waals surface area contributed by atoms with E-state index < -0.39 is 0 Å². The van der Waals surface area contributed by atoms with Gasteiger partial charge in [0.1, 0.15) is 11.6 Å². The summed E-state index contributed by atoms with van der Waals surface area (Å²) >= 11 is 0. The van der Waals surface area contributed by atoms with Crippen LogP contribution in [0.5, 0.6) is 0 Å². The summed E-state index contributed by atoms with van der Waals surface area (Å²) in [6.07, 6.45) is 7.84. The second-order valence-electron chi connectivity index (χ2n) is 6.89. The van der Waals surface area contributed by atoms with Gasteiger partial charge >= 0.3 is 0 Å². The van der Waals surface area contributed by atoms with Crippen molar-refractivity contribution in [3.63, 3.8) is 0 Å². The highest BCUT2D eigenvalue weighted by Crippen LogP contribution is 2.27. The molecule has 1 aliphatic rings. The number of halogens is 1. The van der Waals surface area contributed by atoms with Gasteiger partial charge in [-0.1, -0.05) is 37.6 Å². The second kappa shape index (κ2) is 9.91. The van der Waals surface area contributed by atoms with Crippen LogP contribution in [0.3, 0.4) is 0 Å². The van der Waals surface area contributed by atoms with Crippen molar-refractivity contribution >= 4 is 33.6 Å². The Balaban J connectivity index is 0.00000225. The highest BCUT2D eigenvalue weighted by Gasteiger charge is 2.31. The number of benzene rings is 1. The van der Waals surface area contributed by atoms with Gasteiger partial charge in [-0.25, -0.2) is 15.0 Å². The fourth-order valence-corrected chi connectivity index (χ4v) is 3.80. The molecule has 2 unspecified atom stereocenters. The van der Waals surface area contributed by atoms with Crippen LogP contribution >= 0.6 is 17.0 Å². The first-order chi connectivity index (χ1) is 13.4. The summed E-state index contributed by atoms with van der Waals surface area (Å²) in [7, 11) is 0. The summed E-state index contributed by atoms with van der Waals surface area (Å²) in [5.74, 6) is 1.82. The number of anilines is 1. The average molecular weight is 443 g/mol. The van der Waals surface area contributed by atoms with Gasteiger partial charge in [-0.2, -0.15) is 0 Å². The molecule has 0 radical (unpaired) electrons. The first-order valence-electron chi connectivity index (χ1n) is 9.70. The van der Waals surface area contributed by atoms with Gasteiger partial charge in [-0.05, 0) is 23.9 Å². The Hall–Kier alpha value is -2.09. The summed E-state index contributed by atoms with van der Waals surface area (Å²) in [6, 6.07) is 12.5. The lowest BCUT2D eigenvalue weighted by Crippen LogP contribution is -2.53. The smallest absolute Gasteiger partial charge is 0.146 e. The Morgan fingerprint density at radius 2 is 1.93 bits per heavy atom. The minimum absolute atomic E-state index is 0. The van der Waals surface area contributed by atoms with Gasteiger partial charge < -0.3 is 10.6 Å². The molecule has 1 aromatic carbocycles. The number of aromatic nitrogens is 3. The number of hydrogen-bond acceptors (Lipinski definition) is 6. The molecule has 7 heteroatoms. The third kappa shape index (κ3) is 4.48. The van der Waals surface area contributed by atoms with Gasteiger partial charge in [0.05, 0.1) is 12.2 Å². The van der Waals surface area contributed by atoms with Crippen LogP contribution in [-0.2, 0) is 0 Å². The molecule has 6 nitrogen and oxygen atoms in total. The first-order valence-corrected chi connectivity index (χ1v) is 9.70. The lowest BCUT2D eigenvalue weighted by Gasteiger charge is -2.41. The van der Waals surface area contributed by atoms with E-state index in [4.69, 9.17) is 0 Å². The van der Waals surface area contributed by atoms with Gasteiger partial charge in [0.25, 0.3) is 0 Å². The molecule has 2 N–H and O–H groups in total. The zero-order valence-electron chi connectivity index (χ0n) is 16.1. The molecular formula is C21H27BrN6. The quantitative estimate of drug-likeness (QED) is 0.605. The minimum atomic E-state index is 0. The van der Waals surface area contributed by atoms with Crippen LogP contribution in [0.4, 0.5) is 5.82 Å². The molecule has 0 bridgehead atoms. The maximum atomic E-state index is 4.64. The lowest BCUT2D eigenvalue weighted by molar-refractivity contribution is 0.108. The lowest BCUT2D eigenvalue weighted by atomic mass is 10.1. The van der Waals surface area contributed by atoms with Crippen LogP contribution in [-0.4, -0.2) is 45.7 Å². The van der Waals surface area contributed by atoms with Crippen LogP contribution in [0.25, 0.3) is 10.8 Å². The Morgan fingerprint density at radius 1 is 1.11 bits per heavy atom. The SMILES string of the molecule is Br.CCCC(Nc1nccc2ccccc12)N1CCNCC1c1ncccn1. The molecule has 0 saturated carbocycles. The molecule has 148 valence electrons. The third-order valence-corrected chi connectivity index (χ3v) is 5.11. The van der Waals surface area contributed by atoms with Crippen molar-refractivity contribution in [2.75, 3.05) is 25.0 Å². The fourth-order valence-electron chi connectivity index (χ4n) is 3.80. The van der Waals surface area contributed by atoms with Crippen molar-refractivity contribution < 1.29 is 0 Å². The number of fused-ring (bicyclic) bond motifs is 1. The molecule has 0 aliphatic carbocycles. The average Bonchev–Trinajstić information content (AvgIpc) is 2.74. The zero-order chi connectivity index (χ0) is 18.5. The van der Waals surface area contributed by atoms with E-state index in [1.165, 1.54) is 5.39 Å². The molecular weight excluding hydrogens is 416 g/mol. The standard InChI is InChI=1S/C21H26N6.BrH/c1-2-6-19(26-20-17-8-4-3-7-16(17)9-12-25-20)27-14-13-22-15-18(27)21-23-10-5-11-24-21;/h3-5,7-12,18-19,22H,2,6,13-15H2,1H3,(H,25,26);1H. The van der Waals surface area contributed by atoms with Crippen molar-refractivity contribution in [1.29, 1.82) is 0 Å². The van der Waals surface area contributed by atoms with Crippen LogP contribution in [0, 0.1) is 0 Å². The third-order valence-electron chi connectivity index (χ3n) is 5.11. The molecule has 1 fully saturated rings. The minimum Gasteiger partial charge on any atom is -0.354 e. The van der Waals surface area contributed by atoms with E-state index >= 15 is 0 Å². The Bertz CT molecular complexity index is 870. The molecule has 2 aromatic heterocycles. The van der Waals surface area contributed by atoms with E-state index in [0.717, 1.165) is 49.5 Å². The van der Waals surface area contributed by atoms with Crippen molar-refractivity contribution in [1.82, 2.24) is 25.2 Å². The first kappa shape index (κ1) is 20.6. The van der Waals surface area contributed by atoms with Crippen molar-refractivity contribution in [3.8, 4) is 0 Å². The van der Waals surface area contributed by atoms with E-state index in [2.05, 4.69) is 67.7 Å². The zero-order valence-corrected chi connectivity index (χ0v) is 17.8. The van der Waals surface area contributed by atoms with E-state index in [0.29, 0.717) is 0 Å². The van der Waals surface area contributed by atoms with E-state index in [-0.39, 0.29) is 29.2 Å². The molecule has 3 heterocycles. The van der Waals surface area contributed by atoms with Crippen molar-refractivity contribution in [3.05, 3.63) is 60.8 Å². The number of nitrogens with zero attached hydrogens (tertiary/aromatic N) is 4. The van der Waals surface area contributed by atoms with Crippen LogP contribution < -0.4 is 10.6 Å². The Kier molecular flexibility index (Phi) is 7.30. The summed E-state index contributed by atoms with van der Waals surface area (Å²) in [6.45, 7) is 5.00. The summed E-state index contributed by atoms with van der Waals surface area (Å²) in [5.41, 5.74) is 0. The number of pyridine rings is 1. The van der Waals surface area contributed by atoms with Gasteiger partial charge in [-0.3, -0.25) is 4.90 Å². The Morgan fingerprint density at radius 3 is 2.75 bits per heavy atom. The van der Waals surface area contributed by atoms with Crippen molar-refractivity contribution in [2.45, 2.75) is 32.0 Å². The molecule has 28 heavy (non-hydrogen) atoms. The van der Waals surface area contributed by atoms with Gasteiger partial charge in [0, 0.05) is 43.6 Å². The van der Waals surface area contributed by atoms with E-state index in [1.54, 1.807) is 0 Å². The second-order valence-corrected chi connectivity index (χ2v) is 6.89. The summed E-state index contributed by atoms with van der Waals surface area (Å²) in [4.78, 5) is 16.2. The van der Waals surface area contributed by atoms with Crippen LogP contribution in [0.15, 0.2) is 55.0 Å². The maximum absolute atomic E-state index is 4.64.